The lowest BCUT2D eigenvalue weighted by molar-refractivity contribution is -0.140. The number of esters is 1. The van der Waals surface area contributed by atoms with Gasteiger partial charge in [0.15, 0.2) is 10.5 Å². The quantitative estimate of drug-likeness (QED) is 0.197. The Kier molecular flexibility index (Phi) is 8.33. The Hall–Kier alpha value is -4.22. The predicted molar refractivity (Wildman–Crippen MR) is 149 cm³/mol. The van der Waals surface area contributed by atoms with Crippen LogP contribution in [0.25, 0.3) is 6.08 Å². The molecule has 12 heteroatoms. The standard InChI is InChI=1S/C30H21ClF4N2O4S/c1-2-40-28(39)24-25(18-9-11-20(31)12-10-18)37-27(38)23(42-29(37)36-26(24)30(33,34)35)15-17-7-13-21(14-8-17)41-16-19-5-3-4-6-22(19)32/h3-15,25H,2,16H2,1H3/b23-15-/t25-/m0/s1. The summed E-state index contributed by atoms with van der Waals surface area (Å²) in [5.74, 6) is -1.16. The number of alkyl halides is 3. The average Bonchev–Trinajstić information content (AvgIpc) is 3.27. The summed E-state index contributed by atoms with van der Waals surface area (Å²) in [5, 5.41) is 0.324. The maximum absolute atomic E-state index is 14.2. The summed E-state index contributed by atoms with van der Waals surface area (Å²) in [5.41, 5.74) is -1.68. The van der Waals surface area contributed by atoms with E-state index in [4.69, 9.17) is 21.1 Å². The van der Waals surface area contributed by atoms with Crippen molar-refractivity contribution in [3.8, 4) is 5.75 Å². The molecule has 0 saturated heterocycles. The van der Waals surface area contributed by atoms with Crippen LogP contribution >= 0.6 is 22.9 Å². The molecule has 1 atom stereocenters. The molecule has 0 amide bonds. The Bertz CT molecular complexity index is 1850. The molecule has 216 valence electrons. The molecule has 0 radical (unpaired) electrons. The first-order valence-corrected chi connectivity index (χ1v) is 13.8. The van der Waals surface area contributed by atoms with Crippen LogP contribution in [-0.4, -0.2) is 23.3 Å². The number of benzene rings is 3. The van der Waals surface area contributed by atoms with Gasteiger partial charge in [0.1, 0.15) is 18.2 Å². The smallest absolute Gasteiger partial charge is 0.434 e. The minimum absolute atomic E-state index is 0.0135. The van der Waals surface area contributed by atoms with Gasteiger partial charge in [0.25, 0.3) is 5.56 Å². The zero-order valence-electron chi connectivity index (χ0n) is 21.8. The highest BCUT2D eigenvalue weighted by Crippen LogP contribution is 2.38. The van der Waals surface area contributed by atoms with Crippen LogP contribution in [0.2, 0.25) is 5.02 Å². The van der Waals surface area contributed by atoms with Gasteiger partial charge in [0, 0.05) is 10.6 Å². The summed E-state index contributed by atoms with van der Waals surface area (Å²) in [6.07, 6.45) is -3.49. The Morgan fingerprint density at radius 3 is 2.40 bits per heavy atom. The maximum atomic E-state index is 14.2. The second-order valence-electron chi connectivity index (χ2n) is 9.06. The van der Waals surface area contributed by atoms with Crippen molar-refractivity contribution in [2.45, 2.75) is 25.7 Å². The number of allylic oxidation sites excluding steroid dienone is 1. The number of hydrogen-bond acceptors (Lipinski definition) is 6. The van der Waals surface area contributed by atoms with Gasteiger partial charge in [-0.2, -0.15) is 13.2 Å². The van der Waals surface area contributed by atoms with Crippen LogP contribution in [0.1, 0.15) is 29.7 Å². The van der Waals surface area contributed by atoms with E-state index in [0.717, 1.165) is 15.9 Å². The monoisotopic (exact) mass is 616 g/mol. The highest BCUT2D eigenvalue weighted by Gasteiger charge is 2.45. The Morgan fingerprint density at radius 2 is 1.76 bits per heavy atom. The summed E-state index contributed by atoms with van der Waals surface area (Å²) in [7, 11) is 0. The lowest BCUT2D eigenvalue weighted by Gasteiger charge is -2.26. The van der Waals surface area contributed by atoms with E-state index in [2.05, 4.69) is 4.99 Å². The predicted octanol–water partition coefficient (Wildman–Crippen LogP) is 5.71. The third kappa shape index (κ3) is 6.02. The highest BCUT2D eigenvalue weighted by atomic mass is 35.5. The topological polar surface area (TPSA) is 69.9 Å². The van der Waals surface area contributed by atoms with E-state index in [9.17, 15) is 27.2 Å². The number of fused-ring (bicyclic) bond motifs is 1. The lowest BCUT2D eigenvalue weighted by Crippen LogP contribution is -2.41. The number of aromatic nitrogens is 1. The van der Waals surface area contributed by atoms with Crippen LogP contribution in [0, 0.1) is 5.82 Å². The third-order valence-corrected chi connectivity index (χ3v) is 7.55. The number of thiazole rings is 1. The van der Waals surface area contributed by atoms with Crippen molar-refractivity contribution in [1.82, 2.24) is 4.57 Å². The molecule has 1 aliphatic heterocycles. The fourth-order valence-electron chi connectivity index (χ4n) is 4.39. The SMILES string of the molecule is CCOC(=O)C1=C(C(F)(F)F)N=c2s/c(=C\c3ccc(OCc4ccccc4F)cc3)c(=O)n2[C@H]1c1ccc(Cl)cc1. The van der Waals surface area contributed by atoms with E-state index in [1.54, 1.807) is 42.5 Å². The lowest BCUT2D eigenvalue weighted by atomic mass is 9.95. The molecular weight excluding hydrogens is 596 g/mol. The first-order chi connectivity index (χ1) is 20.1. The van der Waals surface area contributed by atoms with Crippen LogP contribution < -0.4 is 19.6 Å². The second-order valence-corrected chi connectivity index (χ2v) is 10.5. The average molecular weight is 617 g/mol. The van der Waals surface area contributed by atoms with Crippen molar-refractivity contribution in [3.63, 3.8) is 0 Å². The first kappa shape index (κ1) is 29.3. The zero-order valence-corrected chi connectivity index (χ0v) is 23.4. The summed E-state index contributed by atoms with van der Waals surface area (Å²) in [6, 6.07) is 17.1. The minimum atomic E-state index is -5.00. The summed E-state index contributed by atoms with van der Waals surface area (Å²) in [6.45, 7) is 1.30. The Morgan fingerprint density at radius 1 is 1.07 bits per heavy atom. The van der Waals surface area contributed by atoms with E-state index in [1.807, 2.05) is 0 Å². The van der Waals surface area contributed by atoms with E-state index in [1.165, 1.54) is 43.3 Å². The highest BCUT2D eigenvalue weighted by molar-refractivity contribution is 7.07. The number of ether oxygens (including phenoxy) is 2. The normalized spacial score (nSPS) is 15.3. The van der Waals surface area contributed by atoms with E-state index in [0.29, 0.717) is 21.9 Å². The summed E-state index contributed by atoms with van der Waals surface area (Å²) < 4.78 is 68.3. The van der Waals surface area contributed by atoms with Gasteiger partial charge in [0.05, 0.1) is 22.8 Å². The number of carbonyl (C=O) groups is 1. The van der Waals surface area contributed by atoms with Gasteiger partial charge < -0.3 is 9.47 Å². The van der Waals surface area contributed by atoms with Crippen LogP contribution in [0.5, 0.6) is 5.75 Å². The number of hydrogen-bond donors (Lipinski definition) is 0. The number of nitrogens with zero attached hydrogens (tertiary/aromatic N) is 2. The third-order valence-electron chi connectivity index (χ3n) is 6.31. The first-order valence-electron chi connectivity index (χ1n) is 12.6. The fraction of sp³-hybridized carbons (Fsp3) is 0.167. The molecule has 1 aromatic heterocycles. The fourth-order valence-corrected chi connectivity index (χ4v) is 5.52. The molecule has 1 aliphatic rings. The molecule has 0 spiro atoms. The molecule has 0 saturated carbocycles. The number of carbonyl (C=O) groups excluding carboxylic acids is 1. The van der Waals surface area contributed by atoms with Crippen molar-refractivity contribution < 1.29 is 31.8 Å². The van der Waals surface area contributed by atoms with Crippen molar-refractivity contribution in [1.29, 1.82) is 0 Å². The summed E-state index contributed by atoms with van der Waals surface area (Å²) in [4.78, 5) is 30.1. The van der Waals surface area contributed by atoms with Gasteiger partial charge in [0.2, 0.25) is 0 Å². The molecule has 4 aromatic rings. The van der Waals surface area contributed by atoms with Crippen molar-refractivity contribution >= 4 is 35.0 Å². The van der Waals surface area contributed by atoms with Crippen molar-refractivity contribution in [2.24, 2.45) is 4.99 Å². The van der Waals surface area contributed by atoms with Crippen LogP contribution in [0.4, 0.5) is 17.6 Å². The summed E-state index contributed by atoms with van der Waals surface area (Å²) >= 11 is 6.76. The molecule has 0 bridgehead atoms. The molecule has 3 aromatic carbocycles. The van der Waals surface area contributed by atoms with E-state index >= 15 is 0 Å². The second kappa shape index (κ2) is 11.9. The Labute approximate surface area is 245 Å². The number of rotatable bonds is 7. The van der Waals surface area contributed by atoms with Crippen LogP contribution in [0.3, 0.4) is 0 Å². The largest absolute Gasteiger partial charge is 0.489 e. The Balaban J connectivity index is 1.57. The molecule has 42 heavy (non-hydrogen) atoms. The number of halogens is 5. The molecule has 2 heterocycles. The molecule has 0 aliphatic carbocycles. The molecule has 0 unspecified atom stereocenters. The molecular formula is C30H21ClF4N2O4S. The van der Waals surface area contributed by atoms with Gasteiger partial charge in [-0.3, -0.25) is 9.36 Å². The van der Waals surface area contributed by atoms with E-state index in [-0.39, 0.29) is 33.9 Å². The van der Waals surface area contributed by atoms with Gasteiger partial charge in [-0.05, 0) is 54.5 Å². The maximum Gasteiger partial charge on any atom is 0.434 e. The van der Waals surface area contributed by atoms with E-state index < -0.39 is 35.0 Å². The van der Waals surface area contributed by atoms with Crippen molar-refractivity contribution in [3.05, 3.63) is 131 Å². The molecule has 5 rings (SSSR count). The molecule has 0 fully saturated rings. The van der Waals surface area contributed by atoms with Gasteiger partial charge >= 0.3 is 12.1 Å². The van der Waals surface area contributed by atoms with Gasteiger partial charge in [-0.1, -0.05) is 65.4 Å². The van der Waals surface area contributed by atoms with Crippen molar-refractivity contribution in [2.75, 3.05) is 6.61 Å². The van der Waals surface area contributed by atoms with Gasteiger partial charge in [-0.25, -0.2) is 14.2 Å². The van der Waals surface area contributed by atoms with Gasteiger partial charge in [-0.15, -0.1) is 0 Å². The zero-order chi connectivity index (χ0) is 30.0. The van der Waals surface area contributed by atoms with Crippen LogP contribution in [0.15, 0.2) is 93.9 Å². The molecule has 6 nitrogen and oxygen atoms in total. The molecule has 0 N–H and O–H groups in total. The minimum Gasteiger partial charge on any atom is -0.489 e. The van der Waals surface area contributed by atoms with Crippen LogP contribution in [-0.2, 0) is 16.1 Å².